The van der Waals surface area contributed by atoms with Gasteiger partial charge in [-0.15, -0.1) is 0 Å². The molecule has 0 fully saturated rings. The van der Waals surface area contributed by atoms with Crippen LogP contribution in [0.15, 0.2) is 0 Å². The van der Waals surface area contributed by atoms with Gasteiger partial charge in [0.15, 0.2) is 0 Å². The highest BCUT2D eigenvalue weighted by atomic mass is 28.2. The lowest BCUT2D eigenvalue weighted by Crippen LogP contribution is -2.49. The van der Waals surface area contributed by atoms with Crippen LogP contribution in [0.2, 0.25) is 11.1 Å². The standard InChI is InChI=1S/C9H24N2Si/c1-6-11-8(10-5)9(3,4)12-7-2/h8,10-11H,6-7,12H2,1-5H3. The first kappa shape index (κ1) is 12.1. The molecule has 0 aromatic rings. The van der Waals surface area contributed by atoms with Gasteiger partial charge in [-0.1, -0.05) is 33.7 Å². The molecule has 0 aromatic heterocycles. The third kappa shape index (κ3) is 3.69. The second-order valence-corrected chi connectivity index (χ2v) is 7.34. The summed E-state index contributed by atoms with van der Waals surface area (Å²) in [6.45, 7) is 10.2. The van der Waals surface area contributed by atoms with Crippen molar-refractivity contribution < 1.29 is 0 Å². The van der Waals surface area contributed by atoms with Crippen LogP contribution in [0.1, 0.15) is 27.7 Å². The topological polar surface area (TPSA) is 24.1 Å². The normalized spacial score (nSPS) is 15.8. The predicted molar refractivity (Wildman–Crippen MR) is 59.6 cm³/mol. The van der Waals surface area contributed by atoms with Gasteiger partial charge in [0.05, 0.1) is 6.17 Å². The highest BCUT2D eigenvalue weighted by molar-refractivity contribution is 6.39. The van der Waals surface area contributed by atoms with E-state index in [4.69, 9.17) is 0 Å². The molecule has 12 heavy (non-hydrogen) atoms. The van der Waals surface area contributed by atoms with Crippen LogP contribution in [0.3, 0.4) is 0 Å². The van der Waals surface area contributed by atoms with Crippen LogP contribution in [0.25, 0.3) is 0 Å². The average Bonchev–Trinajstić information content (AvgIpc) is 1.99. The first-order valence-corrected chi connectivity index (χ1v) is 6.69. The van der Waals surface area contributed by atoms with E-state index in [1.165, 1.54) is 6.04 Å². The fourth-order valence-electron chi connectivity index (χ4n) is 1.76. The maximum atomic E-state index is 3.48. The monoisotopic (exact) mass is 188 g/mol. The molecule has 0 amide bonds. The quantitative estimate of drug-likeness (QED) is 0.479. The Hall–Kier alpha value is 0.137. The van der Waals surface area contributed by atoms with Crippen LogP contribution >= 0.6 is 0 Å². The number of hydrogen-bond donors (Lipinski definition) is 2. The van der Waals surface area contributed by atoms with Crippen LogP contribution in [0, 0.1) is 0 Å². The van der Waals surface area contributed by atoms with E-state index < -0.39 is 0 Å². The minimum absolute atomic E-state index is 0.0459. The lowest BCUT2D eigenvalue weighted by molar-refractivity contribution is 0.374. The van der Waals surface area contributed by atoms with Crippen LogP contribution in [-0.2, 0) is 0 Å². The van der Waals surface area contributed by atoms with Gasteiger partial charge in [-0.25, -0.2) is 0 Å². The molecule has 0 saturated heterocycles. The zero-order chi connectivity index (χ0) is 9.61. The largest absolute Gasteiger partial charge is 0.305 e. The minimum Gasteiger partial charge on any atom is -0.305 e. The van der Waals surface area contributed by atoms with E-state index in [9.17, 15) is 0 Å². The van der Waals surface area contributed by atoms with Gasteiger partial charge in [0, 0.05) is 9.52 Å². The minimum atomic E-state index is 0.0459. The number of nitrogens with one attached hydrogen (secondary N) is 2. The first-order valence-electron chi connectivity index (χ1n) is 4.99. The Kier molecular flexibility index (Phi) is 5.79. The van der Waals surface area contributed by atoms with Crippen molar-refractivity contribution in [3.63, 3.8) is 0 Å². The lowest BCUT2D eigenvalue weighted by Gasteiger charge is -2.34. The van der Waals surface area contributed by atoms with Crippen molar-refractivity contribution in [1.82, 2.24) is 10.6 Å². The Morgan fingerprint density at radius 1 is 1.33 bits per heavy atom. The van der Waals surface area contributed by atoms with E-state index in [0.717, 1.165) is 6.54 Å². The van der Waals surface area contributed by atoms with E-state index in [0.29, 0.717) is 11.2 Å². The summed E-state index contributed by atoms with van der Waals surface area (Å²) in [6, 6.07) is 1.39. The zero-order valence-electron chi connectivity index (χ0n) is 9.20. The molecule has 2 N–H and O–H groups in total. The number of rotatable bonds is 6. The Morgan fingerprint density at radius 2 is 1.92 bits per heavy atom. The van der Waals surface area contributed by atoms with Crippen molar-refractivity contribution in [3.8, 4) is 0 Å². The zero-order valence-corrected chi connectivity index (χ0v) is 10.6. The molecule has 1 unspecified atom stereocenters. The molecule has 0 bridgehead atoms. The summed E-state index contributed by atoms with van der Waals surface area (Å²) in [7, 11) is 2.09. The van der Waals surface area contributed by atoms with Gasteiger partial charge in [0.2, 0.25) is 0 Å². The van der Waals surface area contributed by atoms with Gasteiger partial charge in [-0.2, -0.15) is 0 Å². The van der Waals surface area contributed by atoms with Crippen LogP contribution in [0.5, 0.6) is 0 Å². The second-order valence-electron chi connectivity index (χ2n) is 4.02. The fourth-order valence-corrected chi connectivity index (χ4v) is 3.69. The predicted octanol–water partition coefficient (Wildman–Crippen LogP) is 0.947. The number of hydrogen-bond acceptors (Lipinski definition) is 2. The Morgan fingerprint density at radius 3 is 2.25 bits per heavy atom. The fraction of sp³-hybridized carbons (Fsp3) is 1.00. The second kappa shape index (κ2) is 5.73. The highest BCUT2D eigenvalue weighted by Gasteiger charge is 2.26. The van der Waals surface area contributed by atoms with Gasteiger partial charge in [-0.3, -0.25) is 0 Å². The summed E-state index contributed by atoms with van der Waals surface area (Å²) in [5.41, 5.74) is 0. The van der Waals surface area contributed by atoms with Crippen molar-refractivity contribution in [3.05, 3.63) is 0 Å². The molecule has 2 nitrogen and oxygen atoms in total. The Labute approximate surface area is 79.3 Å². The average molecular weight is 188 g/mol. The molecule has 0 rings (SSSR count). The summed E-state index contributed by atoms with van der Waals surface area (Å²) in [4.78, 5) is 0. The van der Waals surface area contributed by atoms with Crippen molar-refractivity contribution in [2.45, 2.75) is 44.9 Å². The van der Waals surface area contributed by atoms with Crippen LogP contribution in [0.4, 0.5) is 0 Å². The van der Waals surface area contributed by atoms with Gasteiger partial charge < -0.3 is 10.6 Å². The molecular weight excluding hydrogens is 164 g/mol. The van der Waals surface area contributed by atoms with E-state index in [2.05, 4.69) is 38.3 Å². The van der Waals surface area contributed by atoms with Crippen molar-refractivity contribution in [1.29, 1.82) is 0 Å². The molecule has 0 radical (unpaired) electrons. The SMILES string of the molecule is CCNC(NC)C(C)(C)[SiH2]CC. The molecular formula is C9H24N2Si. The van der Waals surface area contributed by atoms with E-state index in [1.807, 2.05) is 7.05 Å². The molecule has 3 heteroatoms. The third-order valence-electron chi connectivity index (χ3n) is 2.37. The van der Waals surface area contributed by atoms with Gasteiger partial charge >= 0.3 is 0 Å². The van der Waals surface area contributed by atoms with Crippen LogP contribution < -0.4 is 10.6 Å². The molecule has 0 saturated carbocycles. The van der Waals surface area contributed by atoms with Gasteiger partial charge in [0.1, 0.15) is 0 Å². The molecule has 0 heterocycles. The highest BCUT2D eigenvalue weighted by Crippen LogP contribution is 2.26. The van der Waals surface area contributed by atoms with E-state index in [1.54, 1.807) is 0 Å². The lowest BCUT2D eigenvalue weighted by atomic mass is 10.1. The smallest absolute Gasteiger partial charge is 0.0591 e. The Balaban J connectivity index is 4.05. The summed E-state index contributed by atoms with van der Waals surface area (Å²) < 4.78 is 0. The third-order valence-corrected chi connectivity index (χ3v) is 4.57. The summed E-state index contributed by atoms with van der Waals surface area (Å²) in [6.07, 6.45) is 0.495. The van der Waals surface area contributed by atoms with E-state index in [-0.39, 0.29) is 9.52 Å². The van der Waals surface area contributed by atoms with Crippen molar-refractivity contribution >= 4 is 9.52 Å². The molecule has 74 valence electrons. The molecule has 0 spiro atoms. The maximum absolute atomic E-state index is 3.48. The van der Waals surface area contributed by atoms with E-state index >= 15 is 0 Å². The maximum Gasteiger partial charge on any atom is 0.0591 e. The Bertz CT molecular complexity index is 115. The summed E-state index contributed by atoms with van der Waals surface area (Å²) in [5.74, 6) is 0. The first-order chi connectivity index (χ1) is 5.58. The van der Waals surface area contributed by atoms with Gasteiger partial charge in [0.25, 0.3) is 0 Å². The molecule has 0 aromatic carbocycles. The van der Waals surface area contributed by atoms with Crippen LogP contribution in [-0.4, -0.2) is 29.3 Å². The van der Waals surface area contributed by atoms with Crippen molar-refractivity contribution in [2.24, 2.45) is 0 Å². The van der Waals surface area contributed by atoms with Gasteiger partial charge in [-0.05, 0) is 18.6 Å². The molecule has 0 aliphatic rings. The van der Waals surface area contributed by atoms with Crippen molar-refractivity contribution in [2.75, 3.05) is 13.6 Å². The molecule has 0 aliphatic carbocycles. The summed E-state index contributed by atoms with van der Waals surface area (Å²) >= 11 is 0. The summed E-state index contributed by atoms with van der Waals surface area (Å²) in [5, 5.41) is 7.32. The molecule has 0 aliphatic heterocycles. The molecule has 1 atom stereocenters.